The number of esters is 1. The number of ether oxygens (including phenoxy) is 1. The van der Waals surface area contributed by atoms with E-state index in [9.17, 15) is 14.4 Å². The van der Waals surface area contributed by atoms with Crippen LogP contribution in [0.5, 0.6) is 0 Å². The van der Waals surface area contributed by atoms with Crippen LogP contribution < -0.4 is 10.6 Å². The van der Waals surface area contributed by atoms with Crippen LogP contribution in [0.25, 0.3) is 6.08 Å². The van der Waals surface area contributed by atoms with Gasteiger partial charge < -0.3 is 20.4 Å². The summed E-state index contributed by atoms with van der Waals surface area (Å²) in [5, 5.41) is 5.58. The first kappa shape index (κ1) is 34.6. The molecule has 4 unspecified atom stereocenters. The van der Waals surface area contributed by atoms with Crippen LogP contribution in [0.3, 0.4) is 0 Å². The summed E-state index contributed by atoms with van der Waals surface area (Å²) >= 11 is 0. The Balaban J connectivity index is 1.60. The molecule has 248 valence electrons. The monoisotopic (exact) mass is 624 g/mol. The van der Waals surface area contributed by atoms with Crippen molar-refractivity contribution in [2.24, 2.45) is 40.5 Å². The molecule has 4 atom stereocenters. The molecule has 4 rings (SSSR count). The van der Waals surface area contributed by atoms with Gasteiger partial charge in [-0.05, 0) is 92.3 Å². The second kappa shape index (κ2) is 14.5. The number of nitrogens with zero attached hydrogens (tertiary/aromatic N) is 1. The number of amidine groups is 1. The summed E-state index contributed by atoms with van der Waals surface area (Å²) in [4.78, 5) is 57.5. The first-order valence-electron chi connectivity index (χ1n) is 16.4. The minimum atomic E-state index is -0.490. The summed E-state index contributed by atoms with van der Waals surface area (Å²) in [6, 6.07) is 0. The van der Waals surface area contributed by atoms with Crippen LogP contribution in [-0.4, -0.2) is 40.8 Å². The fourth-order valence-electron chi connectivity index (χ4n) is 7.78. The molecule has 10 heteroatoms. The van der Waals surface area contributed by atoms with Crippen molar-refractivity contribution in [1.29, 1.82) is 0 Å². The van der Waals surface area contributed by atoms with Crippen LogP contribution in [-0.2, 0) is 35.5 Å². The maximum absolute atomic E-state index is 13.6. The number of H-pyrrole nitrogens is 1. The number of aromatic nitrogens is 1. The van der Waals surface area contributed by atoms with E-state index in [0.29, 0.717) is 46.5 Å². The molecule has 0 bridgehead atoms. The van der Waals surface area contributed by atoms with E-state index in [0.717, 1.165) is 36.8 Å². The van der Waals surface area contributed by atoms with Gasteiger partial charge in [-0.3, -0.25) is 9.59 Å². The predicted molar refractivity (Wildman–Crippen MR) is 175 cm³/mol. The molecule has 2 aliphatic carbocycles. The zero-order valence-electron chi connectivity index (χ0n) is 28.6. The molecule has 3 N–H and O–H groups in total. The molecule has 2 fully saturated rings. The summed E-state index contributed by atoms with van der Waals surface area (Å²) in [5.74, 6) is 2.11. The standard InChI is InChI=1S/C35H52N4O6/c1-17-11-19(3)31(20(4)12-17)44-35(42)30-24(8)29(39-34(30)37-26(10)41)15-28-23(7)27(33(38-28)36-25(9)40)16-43-45-32-21(5)13-18(2)14-22(32)6/h15,17-22,31-32,38H,11-14,16H2,1-10H3,(H,36,40)(H,37,39,41)/b29-15-. The van der Waals surface area contributed by atoms with Crippen LogP contribution in [0.4, 0.5) is 5.82 Å². The number of allylic oxidation sites excluding steroid dienone is 1. The fourth-order valence-corrected chi connectivity index (χ4v) is 7.78. The number of carbonyl (C=O) groups excluding carboxylic acids is 3. The first-order chi connectivity index (χ1) is 21.2. The van der Waals surface area contributed by atoms with Gasteiger partial charge in [0.1, 0.15) is 29.9 Å². The number of amides is 2. The van der Waals surface area contributed by atoms with E-state index >= 15 is 0 Å². The molecule has 10 nitrogen and oxygen atoms in total. The number of anilines is 1. The maximum Gasteiger partial charge on any atom is 0.342 e. The summed E-state index contributed by atoms with van der Waals surface area (Å²) in [6.45, 7) is 19.8. The van der Waals surface area contributed by atoms with E-state index in [4.69, 9.17) is 14.5 Å². The largest absolute Gasteiger partial charge is 0.458 e. The second-order valence-electron chi connectivity index (χ2n) is 14.1. The number of aliphatic imine (C=N–C) groups is 1. The Morgan fingerprint density at radius 2 is 1.38 bits per heavy atom. The average Bonchev–Trinajstić information content (AvgIpc) is 3.36. The minimum Gasteiger partial charge on any atom is -0.458 e. The molecule has 2 amide bonds. The third-order valence-electron chi connectivity index (χ3n) is 9.69. The zero-order valence-corrected chi connectivity index (χ0v) is 28.6. The number of rotatable bonds is 8. The summed E-state index contributed by atoms with van der Waals surface area (Å²) in [6.07, 6.45) is 5.78. The molecule has 1 aliphatic heterocycles. The summed E-state index contributed by atoms with van der Waals surface area (Å²) < 4.78 is 6.09. The SMILES string of the molecule is CC(=O)NC1=N/C(=C\c2[nH]c(NC(C)=O)c(COOC3C(C)CC(C)CC3C)c2C)C(C)=C1C(=O)OC1C(C)CC(C)CC1C. The molecular weight excluding hydrogens is 572 g/mol. The molecule has 0 saturated heterocycles. The van der Waals surface area contributed by atoms with Crippen molar-refractivity contribution in [1.82, 2.24) is 10.3 Å². The Morgan fingerprint density at radius 3 is 1.91 bits per heavy atom. The highest BCUT2D eigenvalue weighted by atomic mass is 17.2. The second-order valence-corrected chi connectivity index (χ2v) is 14.1. The van der Waals surface area contributed by atoms with Crippen molar-refractivity contribution in [2.45, 2.75) is 114 Å². The molecule has 1 aromatic rings. The van der Waals surface area contributed by atoms with Crippen LogP contribution in [0.1, 0.15) is 105 Å². The summed E-state index contributed by atoms with van der Waals surface area (Å²) in [5.41, 5.74) is 3.63. The average molecular weight is 625 g/mol. The number of hydrogen-bond acceptors (Lipinski definition) is 7. The topological polar surface area (TPSA) is 131 Å². The Morgan fingerprint density at radius 1 is 0.844 bits per heavy atom. The van der Waals surface area contributed by atoms with Gasteiger partial charge in [0.2, 0.25) is 11.8 Å². The van der Waals surface area contributed by atoms with Gasteiger partial charge in [0, 0.05) is 25.1 Å². The minimum absolute atomic E-state index is 0.000208. The van der Waals surface area contributed by atoms with Gasteiger partial charge in [-0.15, -0.1) is 0 Å². The highest BCUT2D eigenvalue weighted by molar-refractivity contribution is 6.25. The molecule has 0 radical (unpaired) electrons. The molecule has 0 spiro atoms. The van der Waals surface area contributed by atoms with Crippen LogP contribution in [0.2, 0.25) is 0 Å². The highest BCUT2D eigenvalue weighted by Gasteiger charge is 2.37. The van der Waals surface area contributed by atoms with Crippen molar-refractivity contribution >= 4 is 35.5 Å². The smallest absolute Gasteiger partial charge is 0.342 e. The Kier molecular flexibility index (Phi) is 11.1. The van der Waals surface area contributed by atoms with Crippen molar-refractivity contribution in [3.63, 3.8) is 0 Å². The van der Waals surface area contributed by atoms with Gasteiger partial charge >= 0.3 is 5.97 Å². The molecule has 2 saturated carbocycles. The van der Waals surface area contributed by atoms with Crippen molar-refractivity contribution in [2.75, 3.05) is 5.32 Å². The summed E-state index contributed by atoms with van der Waals surface area (Å²) in [7, 11) is 0. The number of hydrogen-bond donors (Lipinski definition) is 3. The maximum atomic E-state index is 13.6. The highest BCUT2D eigenvalue weighted by Crippen LogP contribution is 2.38. The molecule has 2 heterocycles. The Bertz CT molecular complexity index is 1370. The quantitative estimate of drug-likeness (QED) is 0.169. The van der Waals surface area contributed by atoms with Gasteiger partial charge in [-0.2, -0.15) is 0 Å². The lowest BCUT2D eigenvalue weighted by Crippen LogP contribution is -2.39. The lowest BCUT2D eigenvalue weighted by atomic mass is 9.75. The molecule has 45 heavy (non-hydrogen) atoms. The van der Waals surface area contributed by atoms with E-state index in [-0.39, 0.29) is 53.9 Å². The number of nitrogens with one attached hydrogen (secondary N) is 3. The zero-order chi connectivity index (χ0) is 33.2. The molecule has 0 aromatic carbocycles. The van der Waals surface area contributed by atoms with Crippen LogP contribution >= 0.6 is 0 Å². The number of aromatic amines is 1. The normalized spacial score (nSPS) is 31.2. The lowest BCUT2D eigenvalue weighted by Gasteiger charge is -2.37. The Labute approximate surface area is 267 Å². The van der Waals surface area contributed by atoms with Gasteiger partial charge in [-0.25, -0.2) is 19.6 Å². The number of carbonyl (C=O) groups is 3. The fraction of sp³-hybridized carbons (Fsp3) is 0.657. The van der Waals surface area contributed by atoms with Crippen molar-refractivity contribution in [3.8, 4) is 0 Å². The lowest BCUT2D eigenvalue weighted by molar-refractivity contribution is -0.354. The van der Waals surface area contributed by atoms with Crippen LogP contribution in [0, 0.1) is 42.4 Å². The van der Waals surface area contributed by atoms with E-state index in [2.05, 4.69) is 62.2 Å². The van der Waals surface area contributed by atoms with Gasteiger partial charge in [0.25, 0.3) is 0 Å². The van der Waals surface area contributed by atoms with Crippen LogP contribution in [0.15, 0.2) is 21.8 Å². The van der Waals surface area contributed by atoms with Gasteiger partial charge in [0.15, 0.2) is 0 Å². The van der Waals surface area contributed by atoms with E-state index in [1.165, 1.54) is 13.8 Å². The predicted octanol–water partition coefficient (Wildman–Crippen LogP) is 6.62. The van der Waals surface area contributed by atoms with Gasteiger partial charge in [0.05, 0.1) is 11.8 Å². The molecule has 1 aromatic heterocycles. The third-order valence-corrected chi connectivity index (χ3v) is 9.69. The Hall–Kier alpha value is -3.24. The molecular formula is C35H52N4O6. The third kappa shape index (κ3) is 8.14. The van der Waals surface area contributed by atoms with E-state index in [1.54, 1.807) is 6.92 Å². The van der Waals surface area contributed by atoms with Crippen molar-refractivity contribution < 1.29 is 28.9 Å². The van der Waals surface area contributed by atoms with Crippen molar-refractivity contribution in [3.05, 3.63) is 33.7 Å². The molecule has 3 aliphatic rings. The van der Waals surface area contributed by atoms with E-state index in [1.807, 2.05) is 13.0 Å². The van der Waals surface area contributed by atoms with E-state index < -0.39 is 5.97 Å². The van der Waals surface area contributed by atoms with Gasteiger partial charge in [-0.1, -0.05) is 41.5 Å². The first-order valence-corrected chi connectivity index (χ1v) is 16.4.